The quantitative estimate of drug-likeness (QED) is 0.0565. The molecule has 4 rings (SSSR count). The molecule has 10 heteroatoms. The molecule has 0 aliphatic rings. The molecule has 0 saturated carbocycles. The summed E-state index contributed by atoms with van der Waals surface area (Å²) in [5.74, 6) is 1.22. The third-order valence-electron chi connectivity index (χ3n) is 6.36. The molecule has 0 aliphatic carbocycles. The van der Waals surface area contributed by atoms with Crippen molar-refractivity contribution in [2.24, 2.45) is 0 Å². The van der Waals surface area contributed by atoms with E-state index in [9.17, 15) is 10.1 Å². The van der Waals surface area contributed by atoms with E-state index in [1.807, 2.05) is 47.2 Å². The first-order valence-corrected chi connectivity index (χ1v) is 16.7. The highest BCUT2D eigenvalue weighted by Gasteiger charge is 2.15. The van der Waals surface area contributed by atoms with Crippen LogP contribution in [0.1, 0.15) is 11.3 Å². The average molecular weight is 562 g/mol. The van der Waals surface area contributed by atoms with Crippen LogP contribution in [0.15, 0.2) is 60.7 Å². The monoisotopic (exact) mass is 561 g/mol. The van der Waals surface area contributed by atoms with Crippen LogP contribution in [0.25, 0.3) is 34.2 Å². The lowest BCUT2D eigenvalue weighted by molar-refractivity contribution is -0.384. The number of nitro benzene ring substituents is 1. The summed E-state index contributed by atoms with van der Waals surface area (Å²) in [6.45, 7) is 8.13. The molecule has 0 amide bonds. The normalized spacial score (nSPS) is 11.8. The van der Waals surface area contributed by atoms with Gasteiger partial charge < -0.3 is 18.9 Å². The van der Waals surface area contributed by atoms with Crippen molar-refractivity contribution in [3.05, 3.63) is 82.0 Å². The van der Waals surface area contributed by atoms with Crippen LogP contribution in [0.3, 0.4) is 0 Å². The zero-order chi connectivity index (χ0) is 28.7. The molecule has 0 unspecified atom stereocenters. The van der Waals surface area contributed by atoms with Gasteiger partial charge in [0, 0.05) is 39.3 Å². The van der Waals surface area contributed by atoms with Gasteiger partial charge in [0.1, 0.15) is 6.73 Å². The highest BCUT2D eigenvalue weighted by Crippen LogP contribution is 2.34. The third kappa shape index (κ3) is 7.35. The highest BCUT2D eigenvalue weighted by atomic mass is 28.3. The lowest BCUT2D eigenvalue weighted by atomic mass is 10.0. The fourth-order valence-corrected chi connectivity index (χ4v) is 4.86. The van der Waals surface area contributed by atoms with Gasteiger partial charge in [0.15, 0.2) is 18.3 Å². The molecule has 4 aromatic rings. The summed E-state index contributed by atoms with van der Waals surface area (Å²) >= 11 is 0. The van der Waals surface area contributed by atoms with Crippen molar-refractivity contribution in [2.75, 3.05) is 27.6 Å². The van der Waals surface area contributed by atoms with Gasteiger partial charge in [-0.2, -0.15) is 5.10 Å². The zero-order valence-corrected chi connectivity index (χ0v) is 24.5. The number of methoxy groups -OCH3 is 2. The van der Waals surface area contributed by atoms with E-state index in [1.54, 1.807) is 26.4 Å². The molecular formula is C30H35N3O6Si. The van der Waals surface area contributed by atoms with E-state index in [0.717, 1.165) is 39.3 Å². The second-order valence-corrected chi connectivity index (χ2v) is 16.2. The molecule has 9 nitrogen and oxygen atoms in total. The number of ether oxygens (including phenoxy) is 4. The number of non-ortho nitro benzene ring substituents is 1. The maximum atomic E-state index is 11.0. The molecule has 3 aromatic carbocycles. The first-order chi connectivity index (χ1) is 19.2. The number of fused-ring (bicyclic) bond motifs is 1. The van der Waals surface area contributed by atoms with E-state index < -0.39 is 13.0 Å². The molecule has 0 fully saturated rings. The smallest absolute Gasteiger partial charge is 0.269 e. The Kier molecular flexibility index (Phi) is 9.36. The number of hydrogen-bond donors (Lipinski definition) is 0. The molecule has 0 atom stereocenters. The van der Waals surface area contributed by atoms with Gasteiger partial charge in [-0.3, -0.25) is 10.1 Å². The average Bonchev–Trinajstić information content (AvgIpc) is 3.29. The van der Waals surface area contributed by atoms with Crippen LogP contribution in [-0.2, 0) is 16.2 Å². The van der Waals surface area contributed by atoms with Gasteiger partial charge in [-0.1, -0.05) is 37.8 Å². The van der Waals surface area contributed by atoms with E-state index in [-0.39, 0.29) is 12.5 Å². The van der Waals surface area contributed by atoms with Gasteiger partial charge in [-0.25, -0.2) is 4.68 Å². The Morgan fingerprint density at radius 3 is 2.35 bits per heavy atom. The van der Waals surface area contributed by atoms with Crippen LogP contribution in [0.2, 0.25) is 25.7 Å². The van der Waals surface area contributed by atoms with Crippen LogP contribution >= 0.6 is 0 Å². The fourth-order valence-electron chi connectivity index (χ4n) is 4.10. The van der Waals surface area contributed by atoms with Crippen molar-refractivity contribution in [3.63, 3.8) is 0 Å². The molecule has 1 heterocycles. The lowest BCUT2D eigenvalue weighted by Gasteiger charge is -2.15. The van der Waals surface area contributed by atoms with E-state index in [1.165, 1.54) is 12.1 Å². The minimum Gasteiger partial charge on any atom is -0.493 e. The fraction of sp³-hybridized carbons (Fsp3) is 0.300. The predicted molar refractivity (Wildman–Crippen MR) is 160 cm³/mol. The lowest BCUT2D eigenvalue weighted by Crippen LogP contribution is -2.22. The Bertz CT molecular complexity index is 1490. The summed E-state index contributed by atoms with van der Waals surface area (Å²) in [7, 11) is 1.96. The predicted octanol–water partition coefficient (Wildman–Crippen LogP) is 7.09. The van der Waals surface area contributed by atoms with Gasteiger partial charge in [-0.05, 0) is 65.2 Å². The molecular weight excluding hydrogens is 526 g/mol. The number of nitro groups is 1. The van der Waals surface area contributed by atoms with Gasteiger partial charge in [0.05, 0.1) is 23.2 Å². The summed E-state index contributed by atoms with van der Waals surface area (Å²) in [6, 6.07) is 19.5. The van der Waals surface area contributed by atoms with Crippen LogP contribution in [0.5, 0.6) is 11.5 Å². The van der Waals surface area contributed by atoms with Crippen LogP contribution < -0.4 is 9.47 Å². The molecule has 0 saturated heterocycles. The minimum atomic E-state index is -1.22. The molecule has 0 radical (unpaired) electrons. The zero-order valence-electron chi connectivity index (χ0n) is 23.5. The summed E-state index contributed by atoms with van der Waals surface area (Å²) < 4.78 is 24.1. The highest BCUT2D eigenvalue weighted by molar-refractivity contribution is 6.76. The summed E-state index contributed by atoms with van der Waals surface area (Å²) in [5, 5.41) is 16.8. The SMILES string of the molecule is COCOc1ccc(-c2ccc3c(/C=C/c4ccc([N+](=O)[O-])cc4)nn(COCC[Si](C)(C)C)c3c2)cc1OC. The Labute approximate surface area is 235 Å². The number of rotatable bonds is 13. The Balaban J connectivity index is 1.67. The van der Waals surface area contributed by atoms with Crippen molar-refractivity contribution in [1.82, 2.24) is 9.78 Å². The number of benzene rings is 3. The van der Waals surface area contributed by atoms with Crippen molar-refractivity contribution < 1.29 is 23.9 Å². The van der Waals surface area contributed by atoms with Crippen molar-refractivity contribution >= 4 is 36.8 Å². The summed E-state index contributed by atoms with van der Waals surface area (Å²) in [4.78, 5) is 10.6. The summed E-state index contributed by atoms with van der Waals surface area (Å²) in [6.07, 6.45) is 3.83. The van der Waals surface area contributed by atoms with E-state index in [0.29, 0.717) is 24.8 Å². The minimum absolute atomic E-state index is 0.0600. The van der Waals surface area contributed by atoms with Crippen molar-refractivity contribution in [2.45, 2.75) is 32.4 Å². The van der Waals surface area contributed by atoms with E-state index in [4.69, 9.17) is 24.0 Å². The van der Waals surface area contributed by atoms with Gasteiger partial charge in [0.2, 0.25) is 0 Å². The van der Waals surface area contributed by atoms with E-state index >= 15 is 0 Å². The first-order valence-electron chi connectivity index (χ1n) is 13.0. The topological polar surface area (TPSA) is 97.9 Å². The Morgan fingerprint density at radius 2 is 1.68 bits per heavy atom. The standard InChI is InChI=1S/C30H35N3O6Si/c1-36-21-39-29-15-10-24(19-30(29)37-2)23-9-13-26-27(14-8-22-6-11-25(12-7-22)33(34)35)31-32(28(26)18-23)20-38-16-17-40(3,4)5/h6-15,18-19H,16-17,20-21H2,1-5H3/b14-8+. The maximum absolute atomic E-state index is 11.0. The Morgan fingerprint density at radius 1 is 0.950 bits per heavy atom. The molecule has 0 spiro atoms. The van der Waals surface area contributed by atoms with Gasteiger partial charge in [0.25, 0.3) is 5.69 Å². The van der Waals surface area contributed by atoms with Crippen molar-refractivity contribution in [3.8, 4) is 22.6 Å². The maximum Gasteiger partial charge on any atom is 0.269 e. The number of nitrogens with zero attached hydrogens (tertiary/aromatic N) is 3. The molecule has 210 valence electrons. The van der Waals surface area contributed by atoms with E-state index in [2.05, 4.69) is 25.7 Å². The molecule has 40 heavy (non-hydrogen) atoms. The second kappa shape index (κ2) is 12.9. The number of aromatic nitrogens is 2. The molecule has 0 aliphatic heterocycles. The first kappa shape index (κ1) is 29.0. The molecule has 0 N–H and O–H groups in total. The molecule has 0 bridgehead atoms. The van der Waals surface area contributed by atoms with Gasteiger partial charge in [-0.15, -0.1) is 0 Å². The number of hydrogen-bond acceptors (Lipinski definition) is 7. The summed E-state index contributed by atoms with van der Waals surface area (Å²) in [5.41, 5.74) is 4.60. The van der Waals surface area contributed by atoms with Gasteiger partial charge >= 0.3 is 0 Å². The Hall–Kier alpha value is -3.99. The largest absolute Gasteiger partial charge is 0.493 e. The second-order valence-electron chi connectivity index (χ2n) is 10.6. The van der Waals surface area contributed by atoms with Crippen LogP contribution in [0, 0.1) is 10.1 Å². The van der Waals surface area contributed by atoms with Crippen LogP contribution in [-0.4, -0.2) is 50.4 Å². The van der Waals surface area contributed by atoms with Crippen molar-refractivity contribution in [1.29, 1.82) is 0 Å². The molecule has 1 aromatic heterocycles. The van der Waals surface area contributed by atoms with Crippen LogP contribution in [0.4, 0.5) is 5.69 Å². The third-order valence-corrected chi connectivity index (χ3v) is 8.06.